The molecule has 0 atom stereocenters. The predicted molar refractivity (Wildman–Crippen MR) is 92.2 cm³/mol. The van der Waals surface area contributed by atoms with Crippen LogP contribution in [0.25, 0.3) is 11.5 Å². The highest BCUT2D eigenvalue weighted by molar-refractivity contribution is 5.77. The maximum Gasteiger partial charge on any atom is 0.427 e. The van der Waals surface area contributed by atoms with Gasteiger partial charge in [0.1, 0.15) is 5.69 Å². The first-order chi connectivity index (χ1) is 12.2. The van der Waals surface area contributed by atoms with Crippen molar-refractivity contribution >= 4 is 6.03 Å². The molecule has 0 fully saturated rings. The van der Waals surface area contributed by atoms with Crippen molar-refractivity contribution in [2.75, 3.05) is 6.54 Å². The van der Waals surface area contributed by atoms with E-state index in [4.69, 9.17) is 4.42 Å². The van der Waals surface area contributed by atoms with E-state index in [0.29, 0.717) is 12.2 Å². The number of hydrogen-bond donors (Lipinski definition) is 1. The van der Waals surface area contributed by atoms with E-state index < -0.39 is 11.8 Å². The van der Waals surface area contributed by atoms with Crippen molar-refractivity contribution in [3.63, 3.8) is 0 Å². The van der Waals surface area contributed by atoms with Gasteiger partial charge in [-0.2, -0.15) is 4.57 Å². The number of amides is 1. The first-order valence-electron chi connectivity index (χ1n) is 8.05. The van der Waals surface area contributed by atoms with Crippen LogP contribution in [0.4, 0.5) is 4.79 Å². The lowest BCUT2D eigenvalue weighted by atomic mass is 10.1. The predicted octanol–water partition coefficient (Wildman–Crippen LogP) is 2.48. The molecule has 128 valence electrons. The Morgan fingerprint density at radius 3 is 2.76 bits per heavy atom. The van der Waals surface area contributed by atoms with Gasteiger partial charge in [-0.25, -0.2) is 14.6 Å². The Kier molecular flexibility index (Phi) is 5.36. The Hall–Kier alpha value is -3.22. The number of unbranched alkanes of at least 4 members (excludes halogenated alkanes) is 1. The van der Waals surface area contributed by atoms with Gasteiger partial charge in [-0.1, -0.05) is 30.3 Å². The van der Waals surface area contributed by atoms with Crippen LogP contribution in [-0.2, 0) is 6.42 Å². The zero-order chi connectivity index (χ0) is 17.5. The van der Waals surface area contributed by atoms with E-state index in [9.17, 15) is 9.59 Å². The lowest BCUT2D eigenvalue weighted by Crippen LogP contribution is -2.34. The molecule has 7 heteroatoms. The second kappa shape index (κ2) is 8.05. The van der Waals surface area contributed by atoms with Crippen LogP contribution in [0.1, 0.15) is 18.4 Å². The molecule has 0 saturated heterocycles. The molecule has 0 unspecified atom stereocenters. The van der Waals surface area contributed by atoms with Gasteiger partial charge >= 0.3 is 11.8 Å². The molecular weight excluding hydrogens is 320 g/mol. The van der Waals surface area contributed by atoms with E-state index in [0.717, 1.165) is 23.8 Å². The molecule has 0 aliphatic rings. The van der Waals surface area contributed by atoms with E-state index in [1.54, 1.807) is 0 Å². The Labute approximate surface area is 144 Å². The van der Waals surface area contributed by atoms with Crippen LogP contribution < -0.4 is 11.1 Å². The first kappa shape index (κ1) is 16.6. The second-order valence-electron chi connectivity index (χ2n) is 5.50. The maximum atomic E-state index is 12.1. The Morgan fingerprint density at radius 1 is 1.16 bits per heavy atom. The molecule has 7 nitrogen and oxygen atoms in total. The van der Waals surface area contributed by atoms with Gasteiger partial charge in [0.05, 0.1) is 12.4 Å². The summed E-state index contributed by atoms with van der Waals surface area (Å²) in [5.74, 6) is -0.542. The Bertz CT molecular complexity index is 872. The maximum absolute atomic E-state index is 12.1. The summed E-state index contributed by atoms with van der Waals surface area (Å²) in [6, 6.07) is 9.66. The van der Waals surface area contributed by atoms with E-state index in [1.807, 2.05) is 18.2 Å². The molecule has 2 aromatic heterocycles. The van der Waals surface area contributed by atoms with Crippen LogP contribution in [-0.4, -0.2) is 27.1 Å². The molecule has 0 bridgehead atoms. The third kappa shape index (κ3) is 4.41. The Balaban J connectivity index is 1.50. The topological polar surface area (TPSA) is 90.0 Å². The van der Waals surface area contributed by atoms with Crippen LogP contribution in [0, 0.1) is 0 Å². The highest BCUT2D eigenvalue weighted by Gasteiger charge is 2.14. The normalized spacial score (nSPS) is 10.6. The number of rotatable bonds is 6. The number of aryl methyl sites for hydroxylation is 1. The van der Waals surface area contributed by atoms with E-state index in [-0.39, 0.29) is 5.76 Å². The van der Waals surface area contributed by atoms with Gasteiger partial charge in [0.25, 0.3) is 0 Å². The number of nitrogens with zero attached hydrogens (tertiary/aromatic N) is 3. The minimum absolute atomic E-state index is 0.206. The molecule has 1 aromatic carbocycles. The van der Waals surface area contributed by atoms with Crippen molar-refractivity contribution in [2.45, 2.75) is 19.3 Å². The SMILES string of the molecule is O=C(NCCCCc1ccccc1)n1cc(-c2cnccn2)oc1=O. The van der Waals surface area contributed by atoms with E-state index in [1.165, 1.54) is 30.4 Å². The number of carbonyl (C=O) groups excluding carboxylic acids is 1. The summed E-state index contributed by atoms with van der Waals surface area (Å²) in [6.07, 6.45) is 8.52. The summed E-state index contributed by atoms with van der Waals surface area (Å²) in [5.41, 5.74) is 1.67. The summed E-state index contributed by atoms with van der Waals surface area (Å²) in [5, 5.41) is 2.72. The third-order valence-corrected chi connectivity index (χ3v) is 3.69. The second-order valence-corrected chi connectivity index (χ2v) is 5.50. The lowest BCUT2D eigenvalue weighted by Gasteiger charge is -2.04. The smallest absolute Gasteiger partial charge is 0.406 e. The fourth-order valence-electron chi connectivity index (χ4n) is 2.41. The highest BCUT2D eigenvalue weighted by Crippen LogP contribution is 2.12. The largest absolute Gasteiger partial charge is 0.427 e. The molecule has 3 aromatic rings. The van der Waals surface area contributed by atoms with Crippen LogP contribution in [0.15, 0.2) is 64.3 Å². The number of nitrogens with one attached hydrogen (secondary N) is 1. The number of hydrogen-bond acceptors (Lipinski definition) is 5. The van der Waals surface area contributed by atoms with Gasteiger partial charge in [0.15, 0.2) is 5.76 Å². The fraction of sp³-hybridized carbons (Fsp3) is 0.222. The van der Waals surface area contributed by atoms with Crippen LogP contribution in [0.2, 0.25) is 0 Å². The van der Waals surface area contributed by atoms with E-state index >= 15 is 0 Å². The molecule has 0 spiro atoms. The average Bonchev–Trinajstić information content (AvgIpc) is 3.05. The Morgan fingerprint density at radius 2 is 2.00 bits per heavy atom. The van der Waals surface area contributed by atoms with Crippen LogP contribution >= 0.6 is 0 Å². The van der Waals surface area contributed by atoms with Gasteiger partial charge in [0.2, 0.25) is 0 Å². The molecular formula is C18H18N4O3. The summed E-state index contributed by atoms with van der Waals surface area (Å²) in [7, 11) is 0. The van der Waals surface area contributed by atoms with Crippen molar-refractivity contribution in [1.82, 2.24) is 19.9 Å². The van der Waals surface area contributed by atoms with Crippen molar-refractivity contribution in [1.29, 1.82) is 0 Å². The molecule has 0 aliphatic heterocycles. The molecule has 0 aliphatic carbocycles. The quantitative estimate of drug-likeness (QED) is 0.697. The van der Waals surface area contributed by atoms with Crippen LogP contribution in [0.3, 0.4) is 0 Å². The molecule has 1 N–H and O–H groups in total. The van der Waals surface area contributed by atoms with E-state index in [2.05, 4.69) is 27.4 Å². The summed E-state index contributed by atoms with van der Waals surface area (Å²) >= 11 is 0. The molecule has 1 amide bonds. The summed E-state index contributed by atoms with van der Waals surface area (Å²) < 4.78 is 5.96. The fourth-order valence-corrected chi connectivity index (χ4v) is 2.41. The number of aromatic nitrogens is 3. The van der Waals surface area contributed by atoms with Crippen molar-refractivity contribution < 1.29 is 9.21 Å². The monoisotopic (exact) mass is 338 g/mol. The van der Waals surface area contributed by atoms with Crippen molar-refractivity contribution in [3.05, 3.63) is 71.2 Å². The third-order valence-electron chi connectivity index (χ3n) is 3.69. The summed E-state index contributed by atoms with van der Waals surface area (Å²) in [4.78, 5) is 31.9. The average molecular weight is 338 g/mol. The van der Waals surface area contributed by atoms with Gasteiger partial charge < -0.3 is 9.73 Å². The zero-order valence-corrected chi connectivity index (χ0v) is 13.6. The van der Waals surface area contributed by atoms with Crippen molar-refractivity contribution in [2.24, 2.45) is 0 Å². The number of oxazole rings is 1. The van der Waals surface area contributed by atoms with Gasteiger partial charge in [-0.3, -0.25) is 4.98 Å². The molecule has 25 heavy (non-hydrogen) atoms. The number of benzene rings is 1. The molecule has 2 heterocycles. The minimum Gasteiger partial charge on any atom is -0.406 e. The molecule has 0 saturated carbocycles. The minimum atomic E-state index is -0.748. The standard InChI is InChI=1S/C18H18N4O3/c23-17(21-9-5-4-8-14-6-2-1-3-7-14)22-13-16(25-18(22)24)15-12-19-10-11-20-15/h1-3,6-7,10-13H,4-5,8-9H2,(H,21,23). The first-order valence-corrected chi connectivity index (χ1v) is 8.05. The van der Waals surface area contributed by atoms with Gasteiger partial charge in [-0.15, -0.1) is 0 Å². The molecule has 3 rings (SSSR count). The molecule has 0 radical (unpaired) electrons. The lowest BCUT2D eigenvalue weighted by molar-refractivity contribution is 0.240. The summed E-state index contributed by atoms with van der Waals surface area (Å²) in [6.45, 7) is 0.490. The zero-order valence-electron chi connectivity index (χ0n) is 13.6. The van der Waals surface area contributed by atoms with Crippen molar-refractivity contribution in [3.8, 4) is 11.5 Å². The van der Waals surface area contributed by atoms with Gasteiger partial charge in [0, 0.05) is 18.9 Å². The van der Waals surface area contributed by atoms with Crippen LogP contribution in [0.5, 0.6) is 0 Å². The number of carbonyl (C=O) groups is 1. The van der Waals surface area contributed by atoms with Gasteiger partial charge in [-0.05, 0) is 24.8 Å². The highest BCUT2D eigenvalue weighted by atomic mass is 16.4.